The summed E-state index contributed by atoms with van der Waals surface area (Å²) in [6.45, 7) is 4.32. The van der Waals surface area contributed by atoms with Crippen molar-refractivity contribution in [2.24, 2.45) is 0 Å². The van der Waals surface area contributed by atoms with E-state index in [-0.39, 0.29) is 11.7 Å². The maximum absolute atomic E-state index is 14.1. The third-order valence-electron chi connectivity index (χ3n) is 5.82. The first-order valence-corrected chi connectivity index (χ1v) is 12.8. The van der Waals surface area contributed by atoms with Gasteiger partial charge in [0.2, 0.25) is 11.1 Å². The summed E-state index contributed by atoms with van der Waals surface area (Å²) >= 11 is 1.33. The summed E-state index contributed by atoms with van der Waals surface area (Å²) in [5.74, 6) is 1.08. The summed E-state index contributed by atoms with van der Waals surface area (Å²) in [7, 11) is 0. The Morgan fingerprint density at radius 1 is 1.16 bits per heavy atom. The molecule has 2 aromatic carbocycles. The van der Waals surface area contributed by atoms with Crippen LogP contribution in [0.1, 0.15) is 31.0 Å². The highest BCUT2D eigenvalue weighted by Gasteiger charge is 2.34. The van der Waals surface area contributed by atoms with Crippen molar-refractivity contribution < 1.29 is 13.9 Å². The molecule has 0 bridgehead atoms. The lowest BCUT2D eigenvalue weighted by Gasteiger charge is -2.28. The number of hydrogen-bond donors (Lipinski definition) is 2. The van der Waals surface area contributed by atoms with Gasteiger partial charge in [0, 0.05) is 17.6 Å². The summed E-state index contributed by atoms with van der Waals surface area (Å²) in [5.41, 5.74) is 3.16. The van der Waals surface area contributed by atoms with Crippen LogP contribution < -0.4 is 15.4 Å². The molecule has 1 atom stereocenters. The second kappa shape index (κ2) is 10.8. The molecule has 0 unspecified atom stereocenters. The second-order valence-corrected chi connectivity index (χ2v) is 9.25. The Bertz CT molecular complexity index is 1440. The maximum Gasteiger partial charge on any atom is 0.255 e. The third-order valence-corrected chi connectivity index (χ3v) is 6.71. The number of nitrogens with one attached hydrogen (secondary N) is 2. The molecule has 0 spiro atoms. The highest BCUT2D eigenvalue weighted by molar-refractivity contribution is 7.98. The van der Waals surface area contributed by atoms with Crippen molar-refractivity contribution in [3.63, 3.8) is 0 Å². The highest BCUT2D eigenvalue weighted by Crippen LogP contribution is 2.37. The molecule has 0 radical (unpaired) electrons. The molecule has 1 amide bonds. The number of rotatable bonds is 8. The van der Waals surface area contributed by atoms with Gasteiger partial charge < -0.3 is 15.4 Å². The van der Waals surface area contributed by atoms with Crippen molar-refractivity contribution in [3.05, 3.63) is 101 Å². The van der Waals surface area contributed by atoms with Crippen molar-refractivity contribution >= 4 is 29.3 Å². The van der Waals surface area contributed by atoms with Crippen LogP contribution >= 0.6 is 11.8 Å². The number of fused-ring (bicyclic) bond motifs is 1. The predicted octanol–water partition coefficient (Wildman–Crippen LogP) is 5.43. The number of anilines is 2. The molecule has 0 fully saturated rings. The number of carbonyl (C=O) groups excluding carboxylic acids is 1. The van der Waals surface area contributed by atoms with Crippen LogP contribution in [0, 0.1) is 5.82 Å². The van der Waals surface area contributed by atoms with E-state index in [1.807, 2.05) is 38.1 Å². The number of allylic oxidation sites excluding steroid dienone is 1. The fraction of sp³-hybridized carbons (Fsp3) is 0.185. The molecule has 4 aromatic rings. The molecule has 10 heteroatoms. The Balaban J connectivity index is 1.49. The lowest BCUT2D eigenvalue weighted by atomic mass is 9.95. The van der Waals surface area contributed by atoms with Gasteiger partial charge in [0.15, 0.2) is 0 Å². The monoisotopic (exact) mass is 516 g/mol. The zero-order valence-electron chi connectivity index (χ0n) is 20.3. The largest absolute Gasteiger partial charge is 0.494 e. The molecule has 5 rings (SSSR count). The van der Waals surface area contributed by atoms with Crippen molar-refractivity contribution in [1.82, 2.24) is 19.7 Å². The number of aromatic nitrogens is 4. The number of amides is 1. The van der Waals surface area contributed by atoms with Crippen LogP contribution in [0.5, 0.6) is 5.75 Å². The van der Waals surface area contributed by atoms with Crippen LogP contribution in [-0.2, 0) is 10.5 Å². The number of carbonyl (C=O) groups is 1. The maximum atomic E-state index is 14.1. The molecule has 188 valence electrons. The molecule has 1 aliphatic rings. The Kier molecular flexibility index (Phi) is 7.18. The summed E-state index contributed by atoms with van der Waals surface area (Å²) < 4.78 is 21.4. The minimum absolute atomic E-state index is 0.267. The van der Waals surface area contributed by atoms with E-state index in [9.17, 15) is 9.18 Å². The van der Waals surface area contributed by atoms with E-state index in [4.69, 9.17) is 9.84 Å². The number of ether oxygens (including phenoxy) is 1. The van der Waals surface area contributed by atoms with Crippen LogP contribution in [0.25, 0.3) is 0 Å². The van der Waals surface area contributed by atoms with Crippen molar-refractivity contribution in [3.8, 4) is 5.75 Å². The average molecular weight is 517 g/mol. The van der Waals surface area contributed by atoms with E-state index in [1.165, 1.54) is 17.8 Å². The Labute approximate surface area is 218 Å². The van der Waals surface area contributed by atoms with Gasteiger partial charge in [0.25, 0.3) is 5.91 Å². The molecule has 0 saturated heterocycles. The number of nitrogens with zero attached hydrogens (tertiary/aromatic N) is 4. The summed E-state index contributed by atoms with van der Waals surface area (Å²) in [6, 6.07) is 17.2. The number of benzene rings is 2. The Morgan fingerprint density at radius 2 is 1.97 bits per heavy atom. The van der Waals surface area contributed by atoms with Gasteiger partial charge in [-0.3, -0.25) is 9.78 Å². The van der Waals surface area contributed by atoms with Gasteiger partial charge in [-0.1, -0.05) is 42.1 Å². The minimum atomic E-state index is -0.543. The third kappa shape index (κ3) is 5.34. The molecular formula is C27H25FN6O2S. The Hall–Kier alpha value is -4.18. The lowest BCUT2D eigenvalue weighted by molar-refractivity contribution is -0.113. The van der Waals surface area contributed by atoms with E-state index in [0.29, 0.717) is 46.0 Å². The van der Waals surface area contributed by atoms with Crippen molar-refractivity contribution in [1.29, 1.82) is 0 Å². The SMILES string of the molecule is CCOc1ccc([C@H]2C(C(=O)Nc3cccnc3)=C(C)Nc3nc(SCc4ccccc4F)nn32)cc1. The number of halogens is 1. The lowest BCUT2D eigenvalue weighted by Crippen LogP contribution is -2.31. The van der Waals surface area contributed by atoms with Crippen molar-refractivity contribution in [2.75, 3.05) is 17.2 Å². The summed E-state index contributed by atoms with van der Waals surface area (Å²) in [5, 5.41) is 11.3. The van der Waals surface area contributed by atoms with Crippen LogP contribution in [-0.4, -0.2) is 32.3 Å². The molecule has 37 heavy (non-hydrogen) atoms. The van der Waals surface area contributed by atoms with Crippen LogP contribution in [0.15, 0.2) is 89.5 Å². The zero-order chi connectivity index (χ0) is 25.8. The first-order chi connectivity index (χ1) is 18.0. The van der Waals surface area contributed by atoms with Gasteiger partial charge in [-0.15, -0.1) is 5.10 Å². The van der Waals surface area contributed by atoms with E-state index in [1.54, 1.807) is 47.4 Å². The smallest absolute Gasteiger partial charge is 0.255 e. The Morgan fingerprint density at radius 3 is 2.70 bits per heavy atom. The zero-order valence-corrected chi connectivity index (χ0v) is 21.1. The first kappa shape index (κ1) is 24.5. The second-order valence-electron chi connectivity index (χ2n) is 8.31. The molecular weight excluding hydrogens is 491 g/mol. The van der Waals surface area contributed by atoms with Gasteiger partial charge in [-0.25, -0.2) is 9.07 Å². The topological polar surface area (TPSA) is 94.0 Å². The molecule has 1 aliphatic heterocycles. The van der Waals surface area contributed by atoms with Gasteiger partial charge in [0.1, 0.15) is 17.6 Å². The number of thioether (sulfide) groups is 1. The quantitative estimate of drug-likeness (QED) is 0.302. The predicted molar refractivity (Wildman–Crippen MR) is 141 cm³/mol. The first-order valence-electron chi connectivity index (χ1n) is 11.8. The fourth-order valence-corrected chi connectivity index (χ4v) is 4.92. The van der Waals surface area contributed by atoms with Crippen LogP contribution in [0.4, 0.5) is 16.0 Å². The van der Waals surface area contributed by atoms with Crippen LogP contribution in [0.2, 0.25) is 0 Å². The van der Waals surface area contributed by atoms with Gasteiger partial charge in [-0.05, 0) is 55.3 Å². The normalized spacial score (nSPS) is 14.6. The highest BCUT2D eigenvalue weighted by atomic mass is 32.2. The minimum Gasteiger partial charge on any atom is -0.494 e. The fourth-order valence-electron chi connectivity index (χ4n) is 4.10. The van der Waals surface area contributed by atoms with E-state index >= 15 is 0 Å². The molecule has 2 aromatic heterocycles. The molecule has 0 aliphatic carbocycles. The van der Waals surface area contributed by atoms with Gasteiger partial charge >= 0.3 is 0 Å². The molecule has 8 nitrogen and oxygen atoms in total. The van der Waals surface area contributed by atoms with Gasteiger partial charge in [0.05, 0.1) is 24.1 Å². The standard InChI is InChI=1S/C27H25FN6O2S/c1-3-36-21-12-10-18(11-13-21)24-23(25(35)31-20-8-6-14-29-15-20)17(2)30-26-32-27(33-34(24)26)37-16-19-7-4-5-9-22(19)28/h4-15,24H,3,16H2,1-2H3,(H,31,35)(H,30,32,33)/t24-/m0/s1. The molecule has 2 N–H and O–H groups in total. The average Bonchev–Trinajstić information content (AvgIpc) is 3.31. The van der Waals surface area contributed by atoms with E-state index in [2.05, 4.69) is 20.6 Å². The van der Waals surface area contributed by atoms with Crippen LogP contribution in [0.3, 0.4) is 0 Å². The number of hydrogen-bond acceptors (Lipinski definition) is 7. The summed E-state index contributed by atoms with van der Waals surface area (Å²) in [4.78, 5) is 22.2. The molecule has 0 saturated carbocycles. The van der Waals surface area contributed by atoms with E-state index < -0.39 is 6.04 Å². The van der Waals surface area contributed by atoms with Crippen molar-refractivity contribution in [2.45, 2.75) is 30.8 Å². The number of pyridine rings is 1. The van der Waals surface area contributed by atoms with E-state index in [0.717, 1.165) is 11.3 Å². The summed E-state index contributed by atoms with van der Waals surface area (Å²) in [6.07, 6.45) is 3.24. The van der Waals surface area contributed by atoms with Gasteiger partial charge in [-0.2, -0.15) is 4.98 Å². The molecule has 3 heterocycles.